The lowest BCUT2D eigenvalue weighted by molar-refractivity contribution is -0.0575. The minimum atomic E-state index is -0.245. The summed E-state index contributed by atoms with van der Waals surface area (Å²) in [6, 6.07) is 2.23. The summed E-state index contributed by atoms with van der Waals surface area (Å²) in [5.41, 5.74) is 12.7. The molecule has 1 fully saturated rings. The van der Waals surface area contributed by atoms with Gasteiger partial charge in [-0.25, -0.2) is 0 Å². The van der Waals surface area contributed by atoms with E-state index < -0.39 is 0 Å². The Bertz CT molecular complexity index is 379. The van der Waals surface area contributed by atoms with Crippen molar-refractivity contribution in [1.29, 1.82) is 0 Å². The van der Waals surface area contributed by atoms with Crippen LogP contribution in [-0.2, 0) is 10.3 Å². The monoisotopic (exact) mass is 205 g/mol. The molecule has 0 atom stereocenters. The van der Waals surface area contributed by atoms with Gasteiger partial charge in [0.05, 0.1) is 18.8 Å². The summed E-state index contributed by atoms with van der Waals surface area (Å²) in [5.74, 6) is 0. The van der Waals surface area contributed by atoms with Crippen LogP contribution in [0.5, 0.6) is 0 Å². The van der Waals surface area contributed by atoms with Gasteiger partial charge in [-0.3, -0.25) is 0 Å². The molecule has 0 saturated carbocycles. The standard InChI is InChI=1S/C13H19NO/c1-8-5-9(2)11(4)12(10(8)3)13(14)6-15-7-13/h5H,6-7,14H2,1-4H3. The van der Waals surface area contributed by atoms with Crippen LogP contribution in [0.3, 0.4) is 0 Å². The van der Waals surface area contributed by atoms with Crippen LogP contribution >= 0.6 is 0 Å². The molecule has 0 amide bonds. The average molecular weight is 205 g/mol. The highest BCUT2D eigenvalue weighted by atomic mass is 16.5. The number of benzene rings is 1. The first-order chi connectivity index (χ1) is 6.96. The maximum atomic E-state index is 6.34. The van der Waals surface area contributed by atoms with E-state index >= 15 is 0 Å². The number of aryl methyl sites for hydroxylation is 2. The first-order valence-corrected chi connectivity index (χ1v) is 5.40. The van der Waals surface area contributed by atoms with Gasteiger partial charge in [0.15, 0.2) is 0 Å². The number of hydrogen-bond acceptors (Lipinski definition) is 2. The molecule has 2 nitrogen and oxygen atoms in total. The van der Waals surface area contributed by atoms with Crippen LogP contribution in [0.1, 0.15) is 27.8 Å². The molecule has 0 unspecified atom stereocenters. The Balaban J connectivity index is 2.63. The van der Waals surface area contributed by atoms with Crippen molar-refractivity contribution in [3.8, 4) is 0 Å². The Kier molecular flexibility index (Phi) is 2.36. The first-order valence-electron chi connectivity index (χ1n) is 5.40. The highest BCUT2D eigenvalue weighted by Gasteiger charge is 2.38. The summed E-state index contributed by atoms with van der Waals surface area (Å²) in [6.45, 7) is 9.91. The van der Waals surface area contributed by atoms with Gasteiger partial charge in [-0.05, 0) is 55.5 Å². The van der Waals surface area contributed by atoms with Crippen LogP contribution in [0.2, 0.25) is 0 Å². The predicted octanol–water partition coefficient (Wildman–Crippen LogP) is 2.10. The van der Waals surface area contributed by atoms with Gasteiger partial charge in [0.25, 0.3) is 0 Å². The average Bonchev–Trinajstić information content (AvgIpc) is 2.12. The van der Waals surface area contributed by atoms with E-state index in [1.165, 1.54) is 27.8 Å². The molecule has 0 spiro atoms. The largest absolute Gasteiger partial charge is 0.377 e. The van der Waals surface area contributed by atoms with Crippen LogP contribution in [0.25, 0.3) is 0 Å². The molecule has 1 aliphatic heterocycles. The molecule has 0 radical (unpaired) electrons. The van der Waals surface area contributed by atoms with Gasteiger partial charge in [-0.2, -0.15) is 0 Å². The Morgan fingerprint density at radius 2 is 1.53 bits per heavy atom. The van der Waals surface area contributed by atoms with E-state index in [-0.39, 0.29) is 5.54 Å². The molecule has 15 heavy (non-hydrogen) atoms. The summed E-state index contributed by atoms with van der Waals surface area (Å²) >= 11 is 0. The topological polar surface area (TPSA) is 35.2 Å². The maximum absolute atomic E-state index is 6.34. The number of rotatable bonds is 1. The zero-order chi connectivity index (χ0) is 11.2. The van der Waals surface area contributed by atoms with Gasteiger partial charge >= 0.3 is 0 Å². The van der Waals surface area contributed by atoms with E-state index in [1.54, 1.807) is 0 Å². The summed E-state index contributed by atoms with van der Waals surface area (Å²) in [7, 11) is 0. The third kappa shape index (κ3) is 1.48. The fourth-order valence-electron chi connectivity index (χ4n) is 2.43. The zero-order valence-corrected chi connectivity index (χ0v) is 9.98. The smallest absolute Gasteiger partial charge is 0.0889 e. The summed E-state index contributed by atoms with van der Waals surface area (Å²) in [5, 5.41) is 0. The molecule has 0 aliphatic carbocycles. The van der Waals surface area contributed by atoms with E-state index in [0.29, 0.717) is 13.2 Å². The van der Waals surface area contributed by atoms with Gasteiger partial charge in [-0.1, -0.05) is 6.07 Å². The third-order valence-electron chi connectivity index (χ3n) is 3.58. The second-order valence-electron chi connectivity index (χ2n) is 4.78. The molecule has 0 bridgehead atoms. The highest BCUT2D eigenvalue weighted by Crippen LogP contribution is 2.34. The van der Waals surface area contributed by atoms with E-state index in [4.69, 9.17) is 10.5 Å². The van der Waals surface area contributed by atoms with Crippen molar-refractivity contribution in [3.63, 3.8) is 0 Å². The van der Waals surface area contributed by atoms with Crippen molar-refractivity contribution in [1.82, 2.24) is 0 Å². The minimum Gasteiger partial charge on any atom is -0.377 e. The van der Waals surface area contributed by atoms with E-state index in [1.807, 2.05) is 0 Å². The lowest BCUT2D eigenvalue weighted by Crippen LogP contribution is -2.55. The van der Waals surface area contributed by atoms with Gasteiger partial charge in [0.2, 0.25) is 0 Å². The molecule has 2 rings (SSSR count). The quantitative estimate of drug-likeness (QED) is 0.762. The van der Waals surface area contributed by atoms with Crippen molar-refractivity contribution < 1.29 is 4.74 Å². The minimum absolute atomic E-state index is 0.245. The molecule has 0 aromatic heterocycles. The van der Waals surface area contributed by atoms with Crippen LogP contribution in [0.4, 0.5) is 0 Å². The van der Waals surface area contributed by atoms with Crippen molar-refractivity contribution in [2.24, 2.45) is 5.73 Å². The Labute approximate surface area is 91.4 Å². The van der Waals surface area contributed by atoms with Gasteiger partial charge in [-0.15, -0.1) is 0 Å². The van der Waals surface area contributed by atoms with Gasteiger partial charge < -0.3 is 10.5 Å². The van der Waals surface area contributed by atoms with Crippen LogP contribution in [-0.4, -0.2) is 13.2 Å². The number of nitrogens with two attached hydrogens (primary N) is 1. The Hall–Kier alpha value is -0.860. The maximum Gasteiger partial charge on any atom is 0.0889 e. The third-order valence-corrected chi connectivity index (χ3v) is 3.58. The second-order valence-corrected chi connectivity index (χ2v) is 4.78. The van der Waals surface area contributed by atoms with Crippen molar-refractivity contribution in [3.05, 3.63) is 33.9 Å². The van der Waals surface area contributed by atoms with Crippen molar-refractivity contribution in [2.75, 3.05) is 13.2 Å². The SMILES string of the molecule is Cc1cc(C)c(C)c(C2(N)COC2)c1C. The van der Waals surface area contributed by atoms with Crippen LogP contribution in [0, 0.1) is 27.7 Å². The molecule has 2 N–H and O–H groups in total. The van der Waals surface area contributed by atoms with E-state index in [0.717, 1.165) is 0 Å². The first kappa shape index (κ1) is 10.7. The molecular weight excluding hydrogens is 186 g/mol. The number of hydrogen-bond donors (Lipinski definition) is 1. The van der Waals surface area contributed by atoms with Gasteiger partial charge in [0, 0.05) is 0 Å². The molecular formula is C13H19NO. The molecule has 1 heterocycles. The molecule has 2 heteroatoms. The second kappa shape index (κ2) is 3.32. The fourth-order valence-corrected chi connectivity index (χ4v) is 2.43. The fraction of sp³-hybridized carbons (Fsp3) is 0.538. The zero-order valence-electron chi connectivity index (χ0n) is 9.98. The molecule has 82 valence electrons. The van der Waals surface area contributed by atoms with Crippen molar-refractivity contribution in [2.45, 2.75) is 33.2 Å². The molecule has 1 aromatic carbocycles. The van der Waals surface area contributed by atoms with Crippen LogP contribution < -0.4 is 5.73 Å². The summed E-state index contributed by atoms with van der Waals surface area (Å²) < 4.78 is 5.26. The lowest BCUT2D eigenvalue weighted by atomic mass is 9.80. The lowest BCUT2D eigenvalue weighted by Gasteiger charge is -2.41. The Morgan fingerprint density at radius 3 is 1.87 bits per heavy atom. The Morgan fingerprint density at radius 1 is 1.07 bits per heavy atom. The van der Waals surface area contributed by atoms with Crippen molar-refractivity contribution >= 4 is 0 Å². The molecule has 1 aromatic rings. The predicted molar refractivity (Wildman–Crippen MR) is 62.1 cm³/mol. The molecule has 1 aliphatic rings. The molecule has 1 saturated heterocycles. The summed E-state index contributed by atoms with van der Waals surface area (Å²) in [6.07, 6.45) is 0. The normalized spacial score (nSPS) is 18.7. The number of ether oxygens (including phenoxy) is 1. The summed E-state index contributed by atoms with van der Waals surface area (Å²) in [4.78, 5) is 0. The van der Waals surface area contributed by atoms with E-state index in [9.17, 15) is 0 Å². The van der Waals surface area contributed by atoms with E-state index in [2.05, 4.69) is 33.8 Å². The highest BCUT2D eigenvalue weighted by molar-refractivity contribution is 5.48. The van der Waals surface area contributed by atoms with Gasteiger partial charge in [0.1, 0.15) is 0 Å². The van der Waals surface area contributed by atoms with Crippen LogP contribution in [0.15, 0.2) is 6.07 Å².